The van der Waals surface area contributed by atoms with Crippen LogP contribution in [0.2, 0.25) is 0 Å². The smallest absolute Gasteiger partial charge is 0.282 e. The molecule has 18 heavy (non-hydrogen) atoms. The molecule has 1 fully saturated rings. The second kappa shape index (κ2) is 5.40. The van der Waals surface area contributed by atoms with Gasteiger partial charge in [0.05, 0.1) is 20.6 Å². The fourth-order valence-corrected chi connectivity index (χ4v) is 2.98. The monoisotopic (exact) mass is 362 g/mol. The molecule has 2 unspecified atom stereocenters. The van der Waals surface area contributed by atoms with Crippen LogP contribution < -0.4 is 4.90 Å². The van der Waals surface area contributed by atoms with E-state index < -0.39 is 0 Å². The quantitative estimate of drug-likeness (QED) is 0.472. The lowest BCUT2D eigenvalue weighted by molar-refractivity contribution is -0.385. The summed E-state index contributed by atoms with van der Waals surface area (Å²) >= 11 is 2.00. The summed E-state index contributed by atoms with van der Waals surface area (Å²) < 4.78 is 6.21. The molecule has 1 heterocycles. The van der Waals surface area contributed by atoms with Gasteiger partial charge in [0.15, 0.2) is 0 Å². The zero-order valence-electron chi connectivity index (χ0n) is 10.3. The minimum Gasteiger partial charge on any atom is -0.376 e. The lowest BCUT2D eigenvalue weighted by Crippen LogP contribution is -2.36. The van der Waals surface area contributed by atoms with Gasteiger partial charge in [-0.3, -0.25) is 10.1 Å². The van der Waals surface area contributed by atoms with Crippen LogP contribution in [0.5, 0.6) is 0 Å². The zero-order chi connectivity index (χ0) is 13.3. The molecule has 0 radical (unpaired) electrons. The van der Waals surface area contributed by atoms with Crippen molar-refractivity contribution in [1.82, 2.24) is 0 Å². The molecule has 0 spiro atoms. The molecule has 1 aromatic rings. The summed E-state index contributed by atoms with van der Waals surface area (Å²) in [5.74, 6) is 0. The number of nitro benzene ring substituents is 1. The molecule has 98 valence electrons. The van der Waals surface area contributed by atoms with Crippen LogP contribution in [0.15, 0.2) is 18.2 Å². The first-order valence-electron chi connectivity index (χ1n) is 5.79. The standard InChI is InChI=1S/C12H15IN2O3/c1-8-11(5-6-18-8)14(2)9-3-4-12(15(16)17)10(13)7-9/h3-4,7-8,11H,5-6H2,1-2H3. The summed E-state index contributed by atoms with van der Waals surface area (Å²) in [5, 5.41) is 10.8. The number of hydrogen-bond acceptors (Lipinski definition) is 4. The van der Waals surface area contributed by atoms with Crippen molar-refractivity contribution in [2.45, 2.75) is 25.5 Å². The van der Waals surface area contributed by atoms with Gasteiger partial charge in [0.25, 0.3) is 5.69 Å². The highest BCUT2D eigenvalue weighted by Crippen LogP contribution is 2.29. The van der Waals surface area contributed by atoms with Crippen molar-refractivity contribution < 1.29 is 9.66 Å². The van der Waals surface area contributed by atoms with E-state index in [2.05, 4.69) is 11.8 Å². The average molecular weight is 362 g/mol. The number of anilines is 1. The fourth-order valence-electron chi connectivity index (χ4n) is 2.28. The number of nitro groups is 1. The van der Waals surface area contributed by atoms with Gasteiger partial charge in [-0.1, -0.05) is 0 Å². The van der Waals surface area contributed by atoms with Gasteiger partial charge in [-0.05, 0) is 48.1 Å². The number of benzene rings is 1. The average Bonchev–Trinajstić information content (AvgIpc) is 2.74. The molecule has 0 aromatic heterocycles. The second-order valence-electron chi connectivity index (χ2n) is 4.44. The molecule has 0 N–H and O–H groups in total. The minimum absolute atomic E-state index is 0.156. The largest absolute Gasteiger partial charge is 0.376 e. The molecule has 1 saturated heterocycles. The van der Waals surface area contributed by atoms with Gasteiger partial charge in [0.1, 0.15) is 0 Å². The third kappa shape index (κ3) is 2.59. The lowest BCUT2D eigenvalue weighted by Gasteiger charge is -2.28. The molecule has 0 amide bonds. The number of likely N-dealkylation sites (N-methyl/N-ethyl adjacent to an activating group) is 1. The molecular weight excluding hydrogens is 347 g/mol. The molecule has 2 atom stereocenters. The SMILES string of the molecule is CC1OCCC1N(C)c1ccc([N+](=O)[O-])c(I)c1. The Balaban J connectivity index is 2.23. The van der Waals surface area contributed by atoms with Crippen molar-refractivity contribution in [3.05, 3.63) is 31.9 Å². The third-order valence-corrected chi connectivity index (χ3v) is 4.23. The van der Waals surface area contributed by atoms with E-state index in [1.54, 1.807) is 12.1 Å². The number of rotatable bonds is 3. The van der Waals surface area contributed by atoms with E-state index in [0.717, 1.165) is 18.7 Å². The highest BCUT2D eigenvalue weighted by molar-refractivity contribution is 14.1. The number of nitrogens with zero attached hydrogens (tertiary/aromatic N) is 2. The van der Waals surface area contributed by atoms with Crippen LogP contribution in [0.3, 0.4) is 0 Å². The van der Waals surface area contributed by atoms with E-state index in [0.29, 0.717) is 9.61 Å². The van der Waals surface area contributed by atoms with Gasteiger partial charge in [-0.2, -0.15) is 0 Å². The first-order valence-corrected chi connectivity index (χ1v) is 6.87. The number of ether oxygens (including phenoxy) is 1. The molecule has 1 aromatic carbocycles. The Morgan fingerprint density at radius 3 is 2.78 bits per heavy atom. The van der Waals surface area contributed by atoms with Crippen LogP contribution in [0.1, 0.15) is 13.3 Å². The van der Waals surface area contributed by atoms with E-state index in [1.807, 2.05) is 35.7 Å². The molecule has 0 bridgehead atoms. The Hall–Kier alpha value is -0.890. The summed E-state index contributed by atoms with van der Waals surface area (Å²) in [7, 11) is 2.01. The molecule has 2 rings (SSSR count). The summed E-state index contributed by atoms with van der Waals surface area (Å²) in [6.45, 7) is 2.84. The van der Waals surface area contributed by atoms with Gasteiger partial charge in [0.2, 0.25) is 0 Å². The van der Waals surface area contributed by atoms with Gasteiger partial charge in [-0.25, -0.2) is 0 Å². The third-order valence-electron chi connectivity index (χ3n) is 3.37. The summed E-state index contributed by atoms with van der Waals surface area (Å²) in [4.78, 5) is 12.6. The van der Waals surface area contributed by atoms with Crippen LogP contribution in [0.4, 0.5) is 11.4 Å². The van der Waals surface area contributed by atoms with Crippen LogP contribution >= 0.6 is 22.6 Å². The molecule has 5 nitrogen and oxygen atoms in total. The first-order chi connectivity index (χ1) is 8.50. The minimum atomic E-state index is -0.354. The van der Waals surface area contributed by atoms with E-state index in [9.17, 15) is 10.1 Å². The van der Waals surface area contributed by atoms with Crippen molar-refractivity contribution in [3.63, 3.8) is 0 Å². The van der Waals surface area contributed by atoms with Gasteiger partial charge in [0, 0.05) is 25.4 Å². The maximum Gasteiger partial charge on any atom is 0.282 e. The summed E-state index contributed by atoms with van der Waals surface area (Å²) in [6, 6.07) is 5.55. The molecule has 0 saturated carbocycles. The summed E-state index contributed by atoms with van der Waals surface area (Å²) in [5.41, 5.74) is 1.15. The van der Waals surface area contributed by atoms with Crippen LogP contribution in [-0.2, 0) is 4.74 Å². The molecule has 6 heteroatoms. The topological polar surface area (TPSA) is 55.6 Å². The Labute approximate surface area is 119 Å². The Morgan fingerprint density at radius 1 is 1.56 bits per heavy atom. The Bertz CT molecular complexity index is 467. The maximum absolute atomic E-state index is 10.8. The second-order valence-corrected chi connectivity index (χ2v) is 5.60. The normalized spacial score (nSPS) is 23.1. The Kier molecular flexibility index (Phi) is 4.06. The van der Waals surface area contributed by atoms with E-state index in [-0.39, 0.29) is 16.7 Å². The highest BCUT2D eigenvalue weighted by atomic mass is 127. The van der Waals surface area contributed by atoms with E-state index in [4.69, 9.17) is 4.74 Å². The molecular formula is C12H15IN2O3. The van der Waals surface area contributed by atoms with Crippen molar-refractivity contribution >= 4 is 34.0 Å². The predicted octanol–water partition coefficient (Wildman–Crippen LogP) is 2.81. The molecule has 0 aliphatic carbocycles. The van der Waals surface area contributed by atoms with Gasteiger partial charge < -0.3 is 9.64 Å². The van der Waals surface area contributed by atoms with Crippen LogP contribution in [0, 0.1) is 13.7 Å². The van der Waals surface area contributed by atoms with Crippen molar-refractivity contribution in [1.29, 1.82) is 0 Å². The highest BCUT2D eigenvalue weighted by Gasteiger charge is 2.28. The number of halogens is 1. The lowest BCUT2D eigenvalue weighted by atomic mass is 10.1. The van der Waals surface area contributed by atoms with E-state index in [1.165, 1.54) is 0 Å². The van der Waals surface area contributed by atoms with Crippen LogP contribution in [-0.4, -0.2) is 30.7 Å². The first kappa shape index (κ1) is 13.5. The van der Waals surface area contributed by atoms with Crippen LogP contribution in [0.25, 0.3) is 0 Å². The molecule has 1 aliphatic heterocycles. The summed E-state index contributed by atoms with van der Waals surface area (Å²) in [6.07, 6.45) is 1.19. The predicted molar refractivity (Wildman–Crippen MR) is 78.0 cm³/mol. The van der Waals surface area contributed by atoms with E-state index >= 15 is 0 Å². The Morgan fingerprint density at radius 2 is 2.28 bits per heavy atom. The molecule has 1 aliphatic rings. The zero-order valence-corrected chi connectivity index (χ0v) is 12.5. The van der Waals surface area contributed by atoms with Crippen molar-refractivity contribution in [2.24, 2.45) is 0 Å². The van der Waals surface area contributed by atoms with Crippen molar-refractivity contribution in [3.8, 4) is 0 Å². The maximum atomic E-state index is 10.8. The van der Waals surface area contributed by atoms with Gasteiger partial charge >= 0.3 is 0 Å². The number of hydrogen-bond donors (Lipinski definition) is 0. The van der Waals surface area contributed by atoms with Gasteiger partial charge in [-0.15, -0.1) is 0 Å². The van der Waals surface area contributed by atoms with Crippen molar-refractivity contribution in [2.75, 3.05) is 18.6 Å². The fraction of sp³-hybridized carbons (Fsp3) is 0.500.